The normalized spacial score (nSPS) is 12.0. The maximum Gasteiger partial charge on any atom is 0.317 e. The van der Waals surface area contributed by atoms with Gasteiger partial charge >= 0.3 is 5.97 Å². The first-order chi connectivity index (χ1) is 10.6. The van der Waals surface area contributed by atoms with Crippen molar-refractivity contribution in [1.29, 1.82) is 0 Å². The molecule has 2 rings (SSSR count). The minimum atomic E-state index is -0.787. The average molecular weight is 336 g/mol. The Kier molecular flexibility index (Phi) is 6.77. The molecule has 2 aromatic carbocycles. The Morgan fingerprint density at radius 2 is 1.77 bits per heavy atom. The number of aliphatic carboxylic acids is 1. The van der Waals surface area contributed by atoms with Gasteiger partial charge in [-0.15, -0.1) is 11.8 Å². The number of nitrogens with one attached hydrogen (secondary N) is 1. The second-order valence-electron chi connectivity index (χ2n) is 4.88. The summed E-state index contributed by atoms with van der Waals surface area (Å²) in [6, 6.07) is 17.4. The maximum absolute atomic E-state index is 11.3. The minimum Gasteiger partial charge on any atom is -0.480 e. The van der Waals surface area contributed by atoms with Crippen molar-refractivity contribution >= 4 is 29.3 Å². The number of hydrogen-bond donors (Lipinski definition) is 2. The van der Waals surface area contributed by atoms with Crippen molar-refractivity contribution in [3.63, 3.8) is 0 Å². The molecule has 22 heavy (non-hydrogen) atoms. The van der Waals surface area contributed by atoms with Crippen LogP contribution in [0.15, 0.2) is 54.6 Å². The number of thioether (sulfide) groups is 1. The molecule has 0 aliphatic rings. The lowest BCUT2D eigenvalue weighted by Gasteiger charge is -2.13. The average Bonchev–Trinajstić information content (AvgIpc) is 2.53. The predicted molar refractivity (Wildman–Crippen MR) is 92.3 cm³/mol. The molecule has 0 saturated carbocycles. The van der Waals surface area contributed by atoms with Crippen molar-refractivity contribution in [3.8, 4) is 0 Å². The molecule has 0 fully saturated rings. The van der Waals surface area contributed by atoms with Gasteiger partial charge in [-0.2, -0.15) is 0 Å². The molecular formula is C17H18ClNO2S. The van der Waals surface area contributed by atoms with E-state index in [-0.39, 0.29) is 0 Å². The van der Waals surface area contributed by atoms with Gasteiger partial charge in [0.15, 0.2) is 0 Å². The van der Waals surface area contributed by atoms with Crippen LogP contribution in [-0.2, 0) is 17.1 Å². The van der Waals surface area contributed by atoms with Gasteiger partial charge in [0.25, 0.3) is 0 Å². The highest BCUT2D eigenvalue weighted by atomic mass is 35.5. The van der Waals surface area contributed by atoms with Crippen LogP contribution >= 0.6 is 23.4 Å². The van der Waals surface area contributed by atoms with Gasteiger partial charge in [0.1, 0.15) is 5.25 Å². The number of carbonyl (C=O) groups is 1. The molecule has 2 N–H and O–H groups in total. The number of rotatable bonds is 8. The summed E-state index contributed by atoms with van der Waals surface area (Å²) in [4.78, 5) is 11.3. The molecule has 0 radical (unpaired) electrons. The van der Waals surface area contributed by atoms with Gasteiger partial charge in [-0.1, -0.05) is 54.1 Å². The quantitative estimate of drug-likeness (QED) is 0.770. The van der Waals surface area contributed by atoms with Crippen molar-refractivity contribution in [2.45, 2.75) is 17.5 Å². The fourth-order valence-electron chi connectivity index (χ4n) is 1.94. The van der Waals surface area contributed by atoms with E-state index in [1.807, 2.05) is 54.6 Å². The summed E-state index contributed by atoms with van der Waals surface area (Å²) < 4.78 is 0. The molecule has 0 saturated heterocycles. The third-order valence-corrected chi connectivity index (χ3v) is 4.66. The van der Waals surface area contributed by atoms with E-state index in [4.69, 9.17) is 11.6 Å². The summed E-state index contributed by atoms with van der Waals surface area (Å²) in [7, 11) is 0. The van der Waals surface area contributed by atoms with Gasteiger partial charge in [0.2, 0.25) is 0 Å². The van der Waals surface area contributed by atoms with Gasteiger partial charge in [0, 0.05) is 23.9 Å². The zero-order chi connectivity index (χ0) is 15.8. The molecule has 3 nitrogen and oxygen atoms in total. The number of carboxylic acid groups (broad SMARTS) is 1. The van der Waals surface area contributed by atoms with E-state index in [1.165, 1.54) is 11.8 Å². The van der Waals surface area contributed by atoms with E-state index in [9.17, 15) is 9.90 Å². The van der Waals surface area contributed by atoms with E-state index in [2.05, 4.69) is 5.32 Å². The van der Waals surface area contributed by atoms with Crippen LogP contribution in [-0.4, -0.2) is 22.9 Å². The van der Waals surface area contributed by atoms with Crippen LogP contribution in [0, 0.1) is 0 Å². The predicted octanol–water partition coefficient (Wildman–Crippen LogP) is 3.82. The summed E-state index contributed by atoms with van der Waals surface area (Å²) in [5, 5.41) is 12.7. The zero-order valence-electron chi connectivity index (χ0n) is 12.0. The Morgan fingerprint density at radius 1 is 1.09 bits per heavy atom. The van der Waals surface area contributed by atoms with Crippen molar-refractivity contribution in [1.82, 2.24) is 5.32 Å². The van der Waals surface area contributed by atoms with Gasteiger partial charge < -0.3 is 10.4 Å². The number of hydrogen-bond acceptors (Lipinski definition) is 3. The molecule has 1 unspecified atom stereocenters. The SMILES string of the molecule is O=C(O)C(CNCc1ccc(Cl)cc1)SCc1ccccc1. The van der Waals surface area contributed by atoms with Crippen molar-refractivity contribution in [2.24, 2.45) is 0 Å². The first-order valence-corrected chi connectivity index (χ1v) is 8.41. The molecule has 2 aromatic rings. The summed E-state index contributed by atoms with van der Waals surface area (Å²) in [5.41, 5.74) is 2.22. The standard InChI is InChI=1S/C17H18ClNO2S/c18-15-8-6-13(7-9-15)10-19-11-16(17(20)21)22-12-14-4-2-1-3-5-14/h1-9,16,19H,10-12H2,(H,20,21). The summed E-state index contributed by atoms with van der Waals surface area (Å²) in [6.07, 6.45) is 0. The van der Waals surface area contributed by atoms with E-state index in [0.29, 0.717) is 23.9 Å². The molecular weight excluding hydrogens is 318 g/mol. The maximum atomic E-state index is 11.3. The van der Waals surface area contributed by atoms with Crippen LogP contribution in [0.5, 0.6) is 0 Å². The highest BCUT2D eigenvalue weighted by Crippen LogP contribution is 2.18. The summed E-state index contributed by atoms with van der Waals surface area (Å²) in [5.74, 6) is -0.0926. The van der Waals surface area contributed by atoms with Crippen molar-refractivity contribution < 1.29 is 9.90 Å². The molecule has 0 heterocycles. The second-order valence-corrected chi connectivity index (χ2v) is 6.51. The summed E-state index contributed by atoms with van der Waals surface area (Å²) >= 11 is 7.27. The van der Waals surface area contributed by atoms with E-state index in [1.54, 1.807) is 0 Å². The highest BCUT2D eigenvalue weighted by molar-refractivity contribution is 7.99. The fourth-order valence-corrected chi connectivity index (χ4v) is 3.03. The van der Waals surface area contributed by atoms with Crippen LogP contribution in [0.3, 0.4) is 0 Å². The van der Waals surface area contributed by atoms with Crippen LogP contribution in [0.2, 0.25) is 5.02 Å². The van der Waals surface area contributed by atoms with Gasteiger partial charge in [-0.05, 0) is 23.3 Å². The smallest absolute Gasteiger partial charge is 0.317 e. The van der Waals surface area contributed by atoms with Crippen molar-refractivity contribution in [2.75, 3.05) is 6.54 Å². The monoisotopic (exact) mass is 335 g/mol. The molecule has 116 valence electrons. The van der Waals surface area contributed by atoms with Gasteiger partial charge in [-0.25, -0.2) is 0 Å². The highest BCUT2D eigenvalue weighted by Gasteiger charge is 2.17. The Morgan fingerprint density at radius 3 is 2.41 bits per heavy atom. The molecule has 0 aliphatic carbocycles. The first-order valence-electron chi connectivity index (χ1n) is 6.98. The third-order valence-electron chi connectivity index (χ3n) is 3.14. The number of benzene rings is 2. The molecule has 1 atom stereocenters. The lowest BCUT2D eigenvalue weighted by atomic mass is 10.2. The fraction of sp³-hybridized carbons (Fsp3) is 0.235. The van der Waals surface area contributed by atoms with Crippen LogP contribution in [0.25, 0.3) is 0 Å². The Labute approximate surface area is 139 Å². The van der Waals surface area contributed by atoms with Crippen LogP contribution < -0.4 is 5.32 Å². The topological polar surface area (TPSA) is 49.3 Å². The lowest BCUT2D eigenvalue weighted by molar-refractivity contribution is -0.136. The molecule has 0 spiro atoms. The van der Waals surface area contributed by atoms with Crippen LogP contribution in [0.4, 0.5) is 0 Å². The van der Waals surface area contributed by atoms with E-state index >= 15 is 0 Å². The van der Waals surface area contributed by atoms with E-state index in [0.717, 1.165) is 11.1 Å². The van der Waals surface area contributed by atoms with Crippen molar-refractivity contribution in [3.05, 3.63) is 70.7 Å². The molecule has 5 heteroatoms. The molecule has 0 aliphatic heterocycles. The lowest BCUT2D eigenvalue weighted by Crippen LogP contribution is -2.30. The number of carboxylic acids is 1. The van der Waals surface area contributed by atoms with Gasteiger partial charge in [-0.3, -0.25) is 4.79 Å². The zero-order valence-corrected chi connectivity index (χ0v) is 13.6. The molecule has 0 aromatic heterocycles. The van der Waals surface area contributed by atoms with E-state index < -0.39 is 11.2 Å². The summed E-state index contributed by atoms with van der Waals surface area (Å²) in [6.45, 7) is 1.06. The first kappa shape index (κ1) is 16.9. The second kappa shape index (κ2) is 8.83. The minimum absolute atomic E-state index is 0.426. The van der Waals surface area contributed by atoms with Gasteiger partial charge in [0.05, 0.1) is 0 Å². The Balaban J connectivity index is 1.79. The van der Waals surface area contributed by atoms with Crippen LogP contribution in [0.1, 0.15) is 11.1 Å². The Bertz CT molecular complexity index is 589. The Hall–Kier alpha value is -1.49. The number of halogens is 1. The molecule has 0 bridgehead atoms. The largest absolute Gasteiger partial charge is 0.480 e. The third kappa shape index (κ3) is 5.72. The molecule has 0 amide bonds.